The van der Waals surface area contributed by atoms with Crippen LogP contribution in [-0.2, 0) is 14.8 Å². The highest BCUT2D eigenvalue weighted by molar-refractivity contribution is 7.88. The highest BCUT2D eigenvalue weighted by Crippen LogP contribution is 2.21. The van der Waals surface area contributed by atoms with Crippen molar-refractivity contribution in [2.24, 2.45) is 5.92 Å². The van der Waals surface area contributed by atoms with Crippen LogP contribution in [0.5, 0.6) is 0 Å². The van der Waals surface area contributed by atoms with E-state index in [1.807, 2.05) is 42.7 Å². The number of benzene rings is 1. The van der Waals surface area contributed by atoms with Crippen molar-refractivity contribution in [3.8, 4) is 5.69 Å². The van der Waals surface area contributed by atoms with Gasteiger partial charge in [-0.15, -0.1) is 0 Å². The number of rotatable bonds is 4. The summed E-state index contributed by atoms with van der Waals surface area (Å²) < 4.78 is 26.8. The molecule has 0 aliphatic carbocycles. The van der Waals surface area contributed by atoms with Crippen molar-refractivity contribution in [2.45, 2.75) is 26.7 Å². The Balaban J connectivity index is 1.67. The Morgan fingerprint density at radius 2 is 1.92 bits per heavy atom. The zero-order valence-electron chi connectivity index (χ0n) is 15.3. The fraction of sp³-hybridized carbons (Fsp3) is 0.444. The number of aromatic nitrogens is 2. The van der Waals surface area contributed by atoms with Crippen molar-refractivity contribution < 1.29 is 13.2 Å². The van der Waals surface area contributed by atoms with Crippen LogP contribution >= 0.6 is 0 Å². The second-order valence-corrected chi connectivity index (χ2v) is 8.76. The summed E-state index contributed by atoms with van der Waals surface area (Å²) in [5.41, 5.74) is 3.73. The third-order valence-corrected chi connectivity index (χ3v) is 6.16. The molecule has 1 saturated heterocycles. The van der Waals surface area contributed by atoms with E-state index in [4.69, 9.17) is 0 Å². The number of anilines is 1. The number of amides is 1. The van der Waals surface area contributed by atoms with E-state index in [-0.39, 0.29) is 18.4 Å². The Bertz CT molecular complexity index is 903. The molecular weight excluding hydrogens is 352 g/mol. The van der Waals surface area contributed by atoms with E-state index in [1.54, 1.807) is 6.33 Å². The maximum atomic E-state index is 12.5. The first-order valence-corrected chi connectivity index (χ1v) is 10.5. The van der Waals surface area contributed by atoms with Gasteiger partial charge in [-0.05, 0) is 51.0 Å². The van der Waals surface area contributed by atoms with Crippen LogP contribution in [0, 0.1) is 19.8 Å². The lowest BCUT2D eigenvalue weighted by atomic mass is 9.98. The molecular formula is C18H24N4O3S. The fourth-order valence-corrected chi connectivity index (χ4v) is 4.08. The minimum Gasteiger partial charge on any atom is -0.326 e. The summed E-state index contributed by atoms with van der Waals surface area (Å²) in [6.07, 6.45) is 4.36. The highest BCUT2D eigenvalue weighted by Gasteiger charge is 2.30. The number of carbonyl (C=O) groups is 1. The lowest BCUT2D eigenvalue weighted by molar-refractivity contribution is -0.120. The molecule has 1 aromatic heterocycles. The lowest BCUT2D eigenvalue weighted by Gasteiger charge is -2.30. The standard InChI is InChI=1S/C18H24N4O3S/c1-13-14(2)22(12-19-13)17-8-6-16(7-9-17)20-18(23)15-5-4-10-21(11-15)26(3,24)25/h6-9,12,15H,4-5,10-11H2,1-3H3,(H,20,23)/t15-/m0/s1. The monoisotopic (exact) mass is 376 g/mol. The molecule has 0 radical (unpaired) electrons. The molecule has 7 nitrogen and oxygen atoms in total. The third-order valence-electron chi connectivity index (χ3n) is 4.89. The molecule has 0 saturated carbocycles. The summed E-state index contributed by atoms with van der Waals surface area (Å²) in [4.78, 5) is 16.8. The van der Waals surface area contributed by atoms with E-state index in [0.717, 1.165) is 17.1 Å². The number of carbonyl (C=O) groups excluding carboxylic acids is 1. The Morgan fingerprint density at radius 1 is 1.23 bits per heavy atom. The molecule has 1 aromatic carbocycles. The number of sulfonamides is 1. The van der Waals surface area contributed by atoms with Crippen LogP contribution in [0.3, 0.4) is 0 Å². The molecule has 1 aliphatic heterocycles. The number of piperidine rings is 1. The molecule has 1 amide bonds. The van der Waals surface area contributed by atoms with Gasteiger partial charge in [0.2, 0.25) is 15.9 Å². The molecule has 0 unspecified atom stereocenters. The molecule has 2 heterocycles. The van der Waals surface area contributed by atoms with E-state index >= 15 is 0 Å². The Kier molecular flexibility index (Phi) is 5.15. The summed E-state index contributed by atoms with van der Waals surface area (Å²) >= 11 is 0. The van der Waals surface area contributed by atoms with Gasteiger partial charge in [-0.1, -0.05) is 0 Å². The number of aryl methyl sites for hydroxylation is 1. The van der Waals surface area contributed by atoms with Gasteiger partial charge in [0, 0.05) is 30.2 Å². The van der Waals surface area contributed by atoms with Crippen LogP contribution in [0.4, 0.5) is 5.69 Å². The second-order valence-electron chi connectivity index (χ2n) is 6.78. The number of nitrogens with zero attached hydrogens (tertiary/aromatic N) is 3. The van der Waals surface area contributed by atoms with Gasteiger partial charge >= 0.3 is 0 Å². The minimum atomic E-state index is -3.26. The summed E-state index contributed by atoms with van der Waals surface area (Å²) in [7, 11) is -3.26. The number of imidazole rings is 1. The van der Waals surface area contributed by atoms with Gasteiger partial charge in [0.1, 0.15) is 0 Å². The van der Waals surface area contributed by atoms with Gasteiger partial charge in [-0.25, -0.2) is 17.7 Å². The van der Waals surface area contributed by atoms with Crippen molar-refractivity contribution in [3.63, 3.8) is 0 Å². The van der Waals surface area contributed by atoms with Crippen molar-refractivity contribution >= 4 is 21.6 Å². The van der Waals surface area contributed by atoms with E-state index in [2.05, 4.69) is 10.3 Å². The Morgan fingerprint density at radius 3 is 2.50 bits per heavy atom. The summed E-state index contributed by atoms with van der Waals surface area (Å²) in [6, 6.07) is 7.54. The number of nitrogens with one attached hydrogen (secondary N) is 1. The molecule has 1 N–H and O–H groups in total. The first-order chi connectivity index (χ1) is 12.3. The minimum absolute atomic E-state index is 0.138. The summed E-state index contributed by atoms with van der Waals surface area (Å²) in [5.74, 6) is -0.461. The topological polar surface area (TPSA) is 84.3 Å². The molecule has 8 heteroatoms. The predicted molar refractivity (Wildman–Crippen MR) is 101 cm³/mol. The van der Waals surface area contributed by atoms with Crippen LogP contribution in [0.2, 0.25) is 0 Å². The van der Waals surface area contributed by atoms with Crippen LogP contribution in [0.1, 0.15) is 24.2 Å². The van der Waals surface area contributed by atoms with Crippen molar-refractivity contribution in [1.82, 2.24) is 13.9 Å². The Hall–Kier alpha value is -2.19. The average Bonchev–Trinajstić information content (AvgIpc) is 2.94. The van der Waals surface area contributed by atoms with Gasteiger partial charge in [0.25, 0.3) is 0 Å². The van der Waals surface area contributed by atoms with Gasteiger partial charge in [-0.2, -0.15) is 0 Å². The summed E-state index contributed by atoms with van der Waals surface area (Å²) in [6.45, 7) is 4.70. The largest absolute Gasteiger partial charge is 0.326 e. The van der Waals surface area contributed by atoms with E-state index < -0.39 is 10.0 Å². The fourth-order valence-electron chi connectivity index (χ4n) is 3.17. The molecule has 2 aromatic rings. The zero-order chi connectivity index (χ0) is 18.9. The first-order valence-electron chi connectivity index (χ1n) is 8.62. The number of hydrogen-bond acceptors (Lipinski definition) is 4. The molecule has 1 aliphatic rings. The first kappa shape index (κ1) is 18.6. The molecule has 0 bridgehead atoms. The van der Waals surface area contributed by atoms with Gasteiger partial charge in [-0.3, -0.25) is 4.79 Å². The quantitative estimate of drug-likeness (QED) is 0.886. The average molecular weight is 376 g/mol. The molecule has 0 spiro atoms. The van der Waals surface area contributed by atoms with E-state index in [1.165, 1.54) is 10.6 Å². The molecule has 26 heavy (non-hydrogen) atoms. The predicted octanol–water partition coefficient (Wildman–Crippen LogP) is 2.10. The van der Waals surface area contributed by atoms with Gasteiger partial charge in [0.05, 0.1) is 24.2 Å². The second kappa shape index (κ2) is 7.20. The van der Waals surface area contributed by atoms with Crippen molar-refractivity contribution in [2.75, 3.05) is 24.7 Å². The van der Waals surface area contributed by atoms with Crippen LogP contribution in [0.15, 0.2) is 30.6 Å². The summed E-state index contributed by atoms with van der Waals surface area (Å²) in [5, 5.41) is 2.90. The molecule has 1 fully saturated rings. The van der Waals surface area contributed by atoms with Crippen molar-refractivity contribution in [1.29, 1.82) is 0 Å². The normalized spacial score (nSPS) is 18.7. The van der Waals surface area contributed by atoms with Crippen LogP contribution in [-0.4, -0.2) is 47.5 Å². The van der Waals surface area contributed by atoms with Crippen LogP contribution < -0.4 is 5.32 Å². The lowest BCUT2D eigenvalue weighted by Crippen LogP contribution is -2.43. The molecule has 1 atom stereocenters. The SMILES string of the molecule is Cc1ncn(-c2ccc(NC(=O)[C@H]3CCCN(S(C)(=O)=O)C3)cc2)c1C. The van der Waals surface area contributed by atoms with Crippen LogP contribution in [0.25, 0.3) is 5.69 Å². The maximum Gasteiger partial charge on any atom is 0.228 e. The molecule has 140 valence electrons. The molecule has 3 rings (SSSR count). The number of hydrogen-bond donors (Lipinski definition) is 1. The maximum absolute atomic E-state index is 12.5. The van der Waals surface area contributed by atoms with Gasteiger partial charge in [0.15, 0.2) is 0 Å². The zero-order valence-corrected chi connectivity index (χ0v) is 16.1. The van der Waals surface area contributed by atoms with Gasteiger partial charge < -0.3 is 9.88 Å². The van der Waals surface area contributed by atoms with Crippen molar-refractivity contribution in [3.05, 3.63) is 42.0 Å². The Labute approximate surface area is 154 Å². The van der Waals surface area contributed by atoms with E-state index in [9.17, 15) is 13.2 Å². The highest BCUT2D eigenvalue weighted by atomic mass is 32.2. The third kappa shape index (κ3) is 3.96. The smallest absolute Gasteiger partial charge is 0.228 e. The van der Waals surface area contributed by atoms with E-state index in [0.29, 0.717) is 25.1 Å².